The third kappa shape index (κ3) is 1.34. The van der Waals surface area contributed by atoms with E-state index in [0.29, 0.717) is 0 Å². The molecular weight excluding hydrogens is 122 g/mol. The van der Waals surface area contributed by atoms with Crippen molar-refractivity contribution in [3.05, 3.63) is 0 Å². The second-order valence-electron chi connectivity index (χ2n) is 3.79. The summed E-state index contributed by atoms with van der Waals surface area (Å²) in [5, 5.41) is 3.62. The molecule has 58 valence electrons. The van der Waals surface area contributed by atoms with E-state index < -0.39 is 0 Å². The zero-order chi connectivity index (χ0) is 6.81. The van der Waals surface area contributed by atoms with Gasteiger partial charge in [0.15, 0.2) is 0 Å². The molecule has 1 N–H and O–H groups in total. The molecule has 2 bridgehead atoms. The summed E-state index contributed by atoms with van der Waals surface area (Å²) in [7, 11) is 0. The van der Waals surface area contributed by atoms with Crippen molar-refractivity contribution < 1.29 is 0 Å². The van der Waals surface area contributed by atoms with E-state index in [1.165, 1.54) is 44.9 Å². The molecule has 0 aromatic rings. The predicted molar refractivity (Wildman–Crippen MR) is 43.0 cm³/mol. The van der Waals surface area contributed by atoms with Crippen LogP contribution < -0.4 is 5.32 Å². The van der Waals surface area contributed by atoms with Gasteiger partial charge in [0.25, 0.3) is 0 Å². The molecular formula is C9H17N. The third-order valence-corrected chi connectivity index (χ3v) is 2.90. The van der Waals surface area contributed by atoms with Crippen LogP contribution in [0.2, 0.25) is 0 Å². The van der Waals surface area contributed by atoms with Gasteiger partial charge in [-0.1, -0.05) is 25.7 Å². The summed E-state index contributed by atoms with van der Waals surface area (Å²) < 4.78 is 0. The summed E-state index contributed by atoms with van der Waals surface area (Å²) in [6, 6.07) is 1.81. The highest BCUT2D eigenvalue weighted by Gasteiger charge is 2.27. The number of hydrogen-bond donors (Lipinski definition) is 1. The van der Waals surface area contributed by atoms with E-state index in [1.807, 2.05) is 0 Å². The largest absolute Gasteiger partial charge is 0.311 e. The molecule has 0 aromatic carbocycles. The maximum absolute atomic E-state index is 3.62. The zero-order valence-corrected chi connectivity index (χ0v) is 6.60. The molecule has 3 fully saturated rings. The summed E-state index contributed by atoms with van der Waals surface area (Å²) in [6.45, 7) is 0. The van der Waals surface area contributed by atoms with Crippen LogP contribution in [-0.4, -0.2) is 12.1 Å². The molecule has 1 saturated carbocycles. The van der Waals surface area contributed by atoms with Crippen molar-refractivity contribution in [2.45, 2.75) is 57.0 Å². The lowest BCUT2D eigenvalue weighted by Crippen LogP contribution is -2.51. The fourth-order valence-corrected chi connectivity index (χ4v) is 2.19. The Balaban J connectivity index is 1.81. The number of rotatable bonds is 0. The number of hydrogen-bond acceptors (Lipinski definition) is 1. The first-order valence-electron chi connectivity index (χ1n) is 4.71. The molecule has 1 heteroatoms. The molecule has 0 amide bonds. The summed E-state index contributed by atoms with van der Waals surface area (Å²) in [5.41, 5.74) is 0. The Morgan fingerprint density at radius 2 is 1.30 bits per heavy atom. The van der Waals surface area contributed by atoms with E-state index in [1.54, 1.807) is 0 Å². The molecule has 3 rings (SSSR count). The van der Waals surface area contributed by atoms with Gasteiger partial charge >= 0.3 is 0 Å². The lowest BCUT2D eigenvalue weighted by Gasteiger charge is -2.36. The van der Waals surface area contributed by atoms with Gasteiger partial charge in [0.2, 0.25) is 0 Å². The van der Waals surface area contributed by atoms with Crippen molar-refractivity contribution in [2.75, 3.05) is 0 Å². The van der Waals surface area contributed by atoms with Crippen LogP contribution >= 0.6 is 0 Å². The van der Waals surface area contributed by atoms with Crippen molar-refractivity contribution in [3.8, 4) is 0 Å². The van der Waals surface area contributed by atoms with Crippen LogP contribution in [0, 0.1) is 0 Å². The van der Waals surface area contributed by atoms with Crippen LogP contribution in [0.5, 0.6) is 0 Å². The van der Waals surface area contributed by atoms with Gasteiger partial charge in [0.05, 0.1) is 0 Å². The van der Waals surface area contributed by atoms with Crippen LogP contribution in [0.25, 0.3) is 0 Å². The summed E-state index contributed by atoms with van der Waals surface area (Å²) in [5.74, 6) is 0. The molecule has 1 aliphatic carbocycles. The van der Waals surface area contributed by atoms with Crippen LogP contribution in [0.1, 0.15) is 44.9 Å². The monoisotopic (exact) mass is 139 g/mol. The Morgan fingerprint density at radius 3 is 1.80 bits per heavy atom. The fourth-order valence-electron chi connectivity index (χ4n) is 2.19. The van der Waals surface area contributed by atoms with Crippen molar-refractivity contribution in [1.82, 2.24) is 5.32 Å². The maximum atomic E-state index is 3.62. The first-order chi connectivity index (χ1) is 4.95. The molecule has 0 spiro atoms. The molecule has 2 aliphatic heterocycles. The number of nitrogens with one attached hydrogen (secondary N) is 1. The highest BCUT2D eigenvalue weighted by molar-refractivity contribution is 4.88. The summed E-state index contributed by atoms with van der Waals surface area (Å²) in [6.07, 6.45) is 10.2. The first kappa shape index (κ1) is 6.66. The van der Waals surface area contributed by atoms with Gasteiger partial charge in [-0.2, -0.15) is 0 Å². The minimum Gasteiger partial charge on any atom is -0.311 e. The first-order valence-corrected chi connectivity index (χ1v) is 4.71. The second-order valence-corrected chi connectivity index (χ2v) is 3.79. The van der Waals surface area contributed by atoms with E-state index >= 15 is 0 Å². The van der Waals surface area contributed by atoms with E-state index in [4.69, 9.17) is 0 Å². The van der Waals surface area contributed by atoms with E-state index in [0.717, 1.165) is 12.1 Å². The molecule has 2 heterocycles. The Kier molecular flexibility index (Phi) is 1.94. The molecule has 2 unspecified atom stereocenters. The summed E-state index contributed by atoms with van der Waals surface area (Å²) in [4.78, 5) is 0. The average Bonchev–Trinajstić information content (AvgIpc) is 1.98. The van der Waals surface area contributed by atoms with E-state index in [9.17, 15) is 0 Å². The standard InChI is InChI=1S/C9H17N/c1-2-4-6-9-7-8(10-9)5-3-1/h8-10H,1-7H2. The van der Waals surface area contributed by atoms with Gasteiger partial charge in [-0.15, -0.1) is 0 Å². The van der Waals surface area contributed by atoms with Gasteiger partial charge in [0.1, 0.15) is 0 Å². The SMILES string of the molecule is C1CCCC2CC(CC1)N2. The highest BCUT2D eigenvalue weighted by Crippen LogP contribution is 2.24. The van der Waals surface area contributed by atoms with Gasteiger partial charge < -0.3 is 5.32 Å². The third-order valence-electron chi connectivity index (χ3n) is 2.90. The van der Waals surface area contributed by atoms with Crippen LogP contribution in [0.15, 0.2) is 0 Å². The number of fused-ring (bicyclic) bond motifs is 5. The lowest BCUT2D eigenvalue weighted by atomic mass is 9.92. The van der Waals surface area contributed by atoms with Crippen LogP contribution in [0.4, 0.5) is 0 Å². The van der Waals surface area contributed by atoms with Crippen LogP contribution in [0.3, 0.4) is 0 Å². The molecule has 10 heavy (non-hydrogen) atoms. The zero-order valence-electron chi connectivity index (χ0n) is 6.60. The molecule has 3 aliphatic rings. The predicted octanol–water partition coefficient (Wildman–Crippen LogP) is 2.07. The molecule has 0 radical (unpaired) electrons. The van der Waals surface area contributed by atoms with Crippen molar-refractivity contribution >= 4 is 0 Å². The maximum Gasteiger partial charge on any atom is 0.00844 e. The van der Waals surface area contributed by atoms with Gasteiger partial charge in [0, 0.05) is 12.1 Å². The molecule has 2 saturated heterocycles. The minimum atomic E-state index is 0.906. The second kappa shape index (κ2) is 2.91. The van der Waals surface area contributed by atoms with Gasteiger partial charge in [-0.3, -0.25) is 0 Å². The normalized spacial score (nSPS) is 40.8. The van der Waals surface area contributed by atoms with Gasteiger partial charge in [-0.25, -0.2) is 0 Å². The Labute approximate surface area is 63.2 Å². The smallest absolute Gasteiger partial charge is 0.00844 e. The minimum absolute atomic E-state index is 0.906. The Hall–Kier alpha value is -0.0400. The molecule has 2 atom stereocenters. The average molecular weight is 139 g/mol. The van der Waals surface area contributed by atoms with E-state index in [-0.39, 0.29) is 0 Å². The molecule has 1 nitrogen and oxygen atoms in total. The Bertz CT molecular complexity index is 87.8. The fraction of sp³-hybridized carbons (Fsp3) is 1.00. The van der Waals surface area contributed by atoms with Crippen molar-refractivity contribution in [1.29, 1.82) is 0 Å². The van der Waals surface area contributed by atoms with Crippen molar-refractivity contribution in [3.63, 3.8) is 0 Å². The topological polar surface area (TPSA) is 12.0 Å². The Morgan fingerprint density at radius 1 is 0.800 bits per heavy atom. The lowest BCUT2D eigenvalue weighted by molar-refractivity contribution is 0.242. The quantitative estimate of drug-likeness (QED) is 0.541. The van der Waals surface area contributed by atoms with Gasteiger partial charge in [-0.05, 0) is 19.3 Å². The van der Waals surface area contributed by atoms with Crippen LogP contribution in [-0.2, 0) is 0 Å². The van der Waals surface area contributed by atoms with E-state index in [2.05, 4.69) is 5.32 Å². The summed E-state index contributed by atoms with van der Waals surface area (Å²) >= 11 is 0. The van der Waals surface area contributed by atoms with Crippen molar-refractivity contribution in [2.24, 2.45) is 0 Å². The molecule has 0 aromatic heterocycles. The highest BCUT2D eigenvalue weighted by atomic mass is 15.0.